The van der Waals surface area contributed by atoms with Crippen LogP contribution in [-0.4, -0.2) is 30.2 Å². The summed E-state index contributed by atoms with van der Waals surface area (Å²) in [5.41, 5.74) is 0.913. The molecule has 1 amide bonds. The molecule has 9 nitrogen and oxygen atoms in total. The highest BCUT2D eigenvalue weighted by molar-refractivity contribution is 7.80. The van der Waals surface area contributed by atoms with Gasteiger partial charge in [-0.3, -0.25) is 20.2 Å². The molecule has 2 aromatic carbocycles. The molecule has 3 rings (SSSR count). The molecular weight excluding hydrogens is 410 g/mol. The Morgan fingerprint density at radius 1 is 1.10 bits per heavy atom. The second-order valence-corrected chi connectivity index (χ2v) is 6.35. The van der Waals surface area contributed by atoms with Gasteiger partial charge in [-0.1, -0.05) is 12.1 Å². The van der Waals surface area contributed by atoms with E-state index in [2.05, 4.69) is 10.6 Å². The van der Waals surface area contributed by atoms with Gasteiger partial charge in [0.2, 0.25) is 0 Å². The fourth-order valence-corrected chi connectivity index (χ4v) is 2.82. The molecule has 1 aromatic heterocycles. The standard InChI is InChI=1S/C20H17N3O6S/c1-27-14-6-7-17(28-2)15(11-14)21-20(30)22-19(24)18-9-8-16(29-18)12-4-3-5-13(10-12)23(25)26/h3-11H,1-2H3,(H2,21,22,24,30). The maximum atomic E-state index is 12.4. The van der Waals surface area contributed by atoms with E-state index in [4.69, 9.17) is 26.1 Å². The molecule has 0 spiro atoms. The number of ether oxygens (including phenoxy) is 2. The van der Waals surface area contributed by atoms with Gasteiger partial charge in [0.1, 0.15) is 17.3 Å². The van der Waals surface area contributed by atoms with Gasteiger partial charge in [-0.05, 0) is 36.5 Å². The number of methoxy groups -OCH3 is 2. The van der Waals surface area contributed by atoms with Crippen LogP contribution in [0.25, 0.3) is 11.3 Å². The molecule has 2 N–H and O–H groups in total. The molecule has 3 aromatic rings. The third-order valence-corrected chi connectivity index (χ3v) is 4.26. The van der Waals surface area contributed by atoms with E-state index in [1.165, 1.54) is 38.5 Å². The second-order valence-electron chi connectivity index (χ2n) is 5.95. The number of hydrogen-bond acceptors (Lipinski definition) is 7. The number of hydrogen-bond donors (Lipinski definition) is 2. The summed E-state index contributed by atoms with van der Waals surface area (Å²) in [7, 11) is 3.04. The second kappa shape index (κ2) is 9.05. The molecule has 0 aliphatic carbocycles. The van der Waals surface area contributed by atoms with Gasteiger partial charge in [0.15, 0.2) is 10.9 Å². The number of nitrogens with zero attached hydrogens (tertiary/aromatic N) is 1. The molecule has 0 fully saturated rings. The molecule has 1 heterocycles. The Kier molecular flexibility index (Phi) is 6.28. The quantitative estimate of drug-likeness (QED) is 0.345. The lowest BCUT2D eigenvalue weighted by Crippen LogP contribution is -2.34. The highest BCUT2D eigenvalue weighted by Crippen LogP contribution is 2.29. The summed E-state index contributed by atoms with van der Waals surface area (Å²) in [6.07, 6.45) is 0. The summed E-state index contributed by atoms with van der Waals surface area (Å²) >= 11 is 5.19. The summed E-state index contributed by atoms with van der Waals surface area (Å²) in [5.74, 6) is 0.833. The minimum Gasteiger partial charge on any atom is -0.497 e. The SMILES string of the molecule is COc1ccc(OC)c(NC(=S)NC(=O)c2ccc(-c3cccc([N+](=O)[O-])c3)o2)c1. The van der Waals surface area contributed by atoms with Gasteiger partial charge < -0.3 is 19.2 Å². The first-order valence-electron chi connectivity index (χ1n) is 8.60. The fraction of sp³-hybridized carbons (Fsp3) is 0.100. The molecular formula is C20H17N3O6S. The Morgan fingerprint density at radius 3 is 2.60 bits per heavy atom. The zero-order valence-electron chi connectivity index (χ0n) is 16.0. The molecule has 0 aliphatic heterocycles. The fourth-order valence-electron chi connectivity index (χ4n) is 2.62. The van der Waals surface area contributed by atoms with Crippen LogP contribution in [0.4, 0.5) is 11.4 Å². The molecule has 0 saturated carbocycles. The minimum atomic E-state index is -0.578. The lowest BCUT2D eigenvalue weighted by molar-refractivity contribution is -0.384. The van der Waals surface area contributed by atoms with Crippen LogP contribution in [0.15, 0.2) is 59.0 Å². The third kappa shape index (κ3) is 4.73. The molecule has 30 heavy (non-hydrogen) atoms. The van der Waals surface area contributed by atoms with Crippen LogP contribution in [0.3, 0.4) is 0 Å². The molecule has 154 valence electrons. The van der Waals surface area contributed by atoms with Crippen molar-refractivity contribution in [2.24, 2.45) is 0 Å². The Hall–Kier alpha value is -3.92. The van der Waals surface area contributed by atoms with Crippen molar-refractivity contribution in [2.45, 2.75) is 0 Å². The van der Waals surface area contributed by atoms with Crippen molar-refractivity contribution in [1.29, 1.82) is 0 Å². The van der Waals surface area contributed by atoms with E-state index >= 15 is 0 Å². The van der Waals surface area contributed by atoms with Crippen molar-refractivity contribution >= 4 is 34.6 Å². The zero-order chi connectivity index (χ0) is 21.7. The van der Waals surface area contributed by atoms with Crippen molar-refractivity contribution in [1.82, 2.24) is 5.32 Å². The Bertz CT molecular complexity index is 1110. The predicted molar refractivity (Wildman–Crippen MR) is 114 cm³/mol. The maximum Gasteiger partial charge on any atom is 0.293 e. The van der Waals surface area contributed by atoms with Crippen LogP contribution >= 0.6 is 12.2 Å². The molecule has 0 saturated heterocycles. The third-order valence-electron chi connectivity index (χ3n) is 4.05. The van der Waals surface area contributed by atoms with Gasteiger partial charge in [0.25, 0.3) is 11.6 Å². The number of amides is 1. The highest BCUT2D eigenvalue weighted by Gasteiger charge is 2.16. The molecule has 0 unspecified atom stereocenters. The van der Waals surface area contributed by atoms with Crippen LogP contribution in [-0.2, 0) is 0 Å². The maximum absolute atomic E-state index is 12.4. The number of rotatable bonds is 6. The van der Waals surface area contributed by atoms with E-state index in [1.807, 2.05) is 0 Å². The van der Waals surface area contributed by atoms with Crippen LogP contribution < -0.4 is 20.1 Å². The first kappa shape index (κ1) is 20.8. The first-order valence-corrected chi connectivity index (χ1v) is 9.01. The van der Waals surface area contributed by atoms with Crippen molar-refractivity contribution in [3.8, 4) is 22.8 Å². The lowest BCUT2D eigenvalue weighted by Gasteiger charge is -2.13. The van der Waals surface area contributed by atoms with Crippen LogP contribution in [0.1, 0.15) is 10.6 Å². The number of thiocarbonyl (C=S) groups is 1. The summed E-state index contributed by atoms with van der Waals surface area (Å²) in [5, 5.41) is 16.3. The largest absolute Gasteiger partial charge is 0.497 e. The number of carbonyl (C=O) groups excluding carboxylic acids is 1. The van der Waals surface area contributed by atoms with E-state index in [9.17, 15) is 14.9 Å². The normalized spacial score (nSPS) is 10.2. The summed E-state index contributed by atoms with van der Waals surface area (Å²) in [6, 6.07) is 14.0. The van der Waals surface area contributed by atoms with Gasteiger partial charge in [0, 0.05) is 23.8 Å². The monoisotopic (exact) mass is 427 g/mol. The molecule has 0 bridgehead atoms. The van der Waals surface area contributed by atoms with Gasteiger partial charge in [-0.15, -0.1) is 0 Å². The van der Waals surface area contributed by atoms with E-state index in [0.717, 1.165) is 0 Å². The number of nitro benzene ring substituents is 1. The number of nitrogens with one attached hydrogen (secondary N) is 2. The van der Waals surface area contributed by atoms with Crippen LogP contribution in [0, 0.1) is 10.1 Å². The summed E-state index contributed by atoms with van der Waals surface area (Å²) < 4.78 is 16.0. The topological polar surface area (TPSA) is 116 Å². The number of furan rings is 1. The molecule has 0 aliphatic rings. The van der Waals surface area contributed by atoms with Gasteiger partial charge in [-0.2, -0.15) is 0 Å². The smallest absolute Gasteiger partial charge is 0.293 e. The van der Waals surface area contributed by atoms with E-state index < -0.39 is 10.8 Å². The molecule has 0 atom stereocenters. The number of nitro groups is 1. The Balaban J connectivity index is 1.71. The Labute approximate surface area is 176 Å². The number of benzene rings is 2. The van der Waals surface area contributed by atoms with Crippen molar-refractivity contribution in [3.05, 3.63) is 70.5 Å². The van der Waals surface area contributed by atoms with Gasteiger partial charge in [0.05, 0.1) is 24.8 Å². The lowest BCUT2D eigenvalue weighted by atomic mass is 10.1. The molecule has 0 radical (unpaired) electrons. The van der Waals surface area contributed by atoms with Crippen molar-refractivity contribution in [2.75, 3.05) is 19.5 Å². The first-order chi connectivity index (χ1) is 14.4. The number of anilines is 1. The molecule has 10 heteroatoms. The zero-order valence-corrected chi connectivity index (χ0v) is 16.8. The van der Waals surface area contributed by atoms with E-state index in [-0.39, 0.29) is 16.6 Å². The highest BCUT2D eigenvalue weighted by atomic mass is 32.1. The minimum absolute atomic E-state index is 0.00161. The number of non-ortho nitro benzene ring substituents is 1. The summed E-state index contributed by atoms with van der Waals surface area (Å²) in [4.78, 5) is 22.9. The summed E-state index contributed by atoms with van der Waals surface area (Å²) in [6.45, 7) is 0. The van der Waals surface area contributed by atoms with Crippen molar-refractivity contribution in [3.63, 3.8) is 0 Å². The van der Waals surface area contributed by atoms with Crippen molar-refractivity contribution < 1.29 is 23.6 Å². The van der Waals surface area contributed by atoms with Crippen LogP contribution in [0.5, 0.6) is 11.5 Å². The van der Waals surface area contributed by atoms with E-state index in [1.54, 1.807) is 30.3 Å². The number of carbonyl (C=O) groups is 1. The van der Waals surface area contributed by atoms with E-state index in [0.29, 0.717) is 28.5 Å². The van der Waals surface area contributed by atoms with Gasteiger partial charge >= 0.3 is 0 Å². The Morgan fingerprint density at radius 2 is 1.90 bits per heavy atom. The average molecular weight is 427 g/mol. The predicted octanol–water partition coefficient (Wildman–Crippen LogP) is 4.00. The average Bonchev–Trinajstić information content (AvgIpc) is 3.24. The van der Waals surface area contributed by atoms with Crippen LogP contribution in [0.2, 0.25) is 0 Å². The van der Waals surface area contributed by atoms with Gasteiger partial charge in [-0.25, -0.2) is 0 Å².